The molecule has 5 N–H and O–H groups in total. The van der Waals surface area contributed by atoms with Crippen molar-refractivity contribution in [2.45, 2.75) is 12.5 Å². The summed E-state index contributed by atoms with van der Waals surface area (Å²) in [6.07, 6.45) is 2.98. The first kappa shape index (κ1) is 15.2. The molecule has 6 heteroatoms. The SMILES string of the molecule is Nc1ccc2ncc(-c3nc4ccccc4[nH]3)c(N[C@H]3CCNC3)c2c1. The van der Waals surface area contributed by atoms with Crippen LogP contribution in [-0.4, -0.2) is 34.1 Å². The summed E-state index contributed by atoms with van der Waals surface area (Å²) in [5.41, 5.74) is 11.7. The number of nitrogen functional groups attached to an aromatic ring is 1. The number of anilines is 2. The number of pyridine rings is 1. The maximum absolute atomic E-state index is 6.06. The van der Waals surface area contributed by atoms with Gasteiger partial charge in [0.15, 0.2) is 0 Å². The second-order valence-corrected chi connectivity index (χ2v) is 6.76. The Morgan fingerprint density at radius 2 is 2.04 bits per heavy atom. The van der Waals surface area contributed by atoms with Gasteiger partial charge in [-0.3, -0.25) is 4.98 Å². The van der Waals surface area contributed by atoms with E-state index in [1.165, 1.54) is 0 Å². The number of para-hydroxylation sites is 2. The van der Waals surface area contributed by atoms with Gasteiger partial charge in [-0.05, 0) is 43.3 Å². The molecule has 1 aliphatic rings. The predicted molar refractivity (Wildman–Crippen MR) is 106 cm³/mol. The minimum Gasteiger partial charge on any atom is -0.399 e. The lowest BCUT2D eigenvalue weighted by Gasteiger charge is -2.18. The van der Waals surface area contributed by atoms with Gasteiger partial charge in [-0.2, -0.15) is 0 Å². The highest BCUT2D eigenvalue weighted by atomic mass is 15.0. The van der Waals surface area contributed by atoms with E-state index in [0.29, 0.717) is 6.04 Å². The monoisotopic (exact) mass is 344 g/mol. The van der Waals surface area contributed by atoms with Gasteiger partial charge in [0.25, 0.3) is 0 Å². The van der Waals surface area contributed by atoms with E-state index in [0.717, 1.165) is 64.2 Å². The van der Waals surface area contributed by atoms with E-state index in [9.17, 15) is 0 Å². The number of aromatic amines is 1. The molecule has 130 valence electrons. The highest BCUT2D eigenvalue weighted by Crippen LogP contribution is 2.35. The van der Waals surface area contributed by atoms with Crippen molar-refractivity contribution in [2.75, 3.05) is 24.1 Å². The van der Waals surface area contributed by atoms with E-state index in [1.807, 2.05) is 48.7 Å². The summed E-state index contributed by atoms with van der Waals surface area (Å²) < 4.78 is 0. The number of H-pyrrole nitrogens is 1. The Morgan fingerprint density at radius 1 is 1.12 bits per heavy atom. The summed E-state index contributed by atoms with van der Waals surface area (Å²) in [7, 11) is 0. The highest BCUT2D eigenvalue weighted by molar-refractivity contribution is 6.00. The quantitative estimate of drug-likeness (QED) is 0.429. The number of hydrogen-bond acceptors (Lipinski definition) is 5. The molecule has 6 nitrogen and oxygen atoms in total. The highest BCUT2D eigenvalue weighted by Gasteiger charge is 2.20. The van der Waals surface area contributed by atoms with E-state index in [1.54, 1.807) is 0 Å². The topological polar surface area (TPSA) is 91.7 Å². The van der Waals surface area contributed by atoms with Gasteiger partial charge in [0.1, 0.15) is 5.82 Å². The number of aromatic nitrogens is 3. The van der Waals surface area contributed by atoms with Crippen LogP contribution in [0.3, 0.4) is 0 Å². The van der Waals surface area contributed by atoms with Crippen LogP contribution >= 0.6 is 0 Å². The number of imidazole rings is 1. The molecule has 26 heavy (non-hydrogen) atoms. The molecule has 5 rings (SSSR count). The van der Waals surface area contributed by atoms with Crippen molar-refractivity contribution in [2.24, 2.45) is 0 Å². The zero-order chi connectivity index (χ0) is 17.5. The summed E-state index contributed by atoms with van der Waals surface area (Å²) in [5.74, 6) is 0.816. The molecule has 2 aromatic carbocycles. The lowest BCUT2D eigenvalue weighted by Crippen LogP contribution is -2.22. The molecule has 0 aliphatic carbocycles. The van der Waals surface area contributed by atoms with E-state index in [-0.39, 0.29) is 0 Å². The van der Waals surface area contributed by atoms with Gasteiger partial charge in [-0.1, -0.05) is 12.1 Å². The number of benzene rings is 2. The van der Waals surface area contributed by atoms with Gasteiger partial charge in [0.2, 0.25) is 0 Å². The minimum absolute atomic E-state index is 0.380. The van der Waals surface area contributed by atoms with Crippen LogP contribution in [0.5, 0.6) is 0 Å². The molecule has 0 spiro atoms. The maximum atomic E-state index is 6.06. The second-order valence-electron chi connectivity index (χ2n) is 6.76. The van der Waals surface area contributed by atoms with E-state index in [2.05, 4.69) is 20.6 Å². The first-order valence-corrected chi connectivity index (χ1v) is 8.88. The minimum atomic E-state index is 0.380. The molecular formula is C20H20N6. The van der Waals surface area contributed by atoms with E-state index in [4.69, 9.17) is 10.7 Å². The number of nitrogens with zero attached hydrogens (tertiary/aromatic N) is 2. The number of nitrogens with two attached hydrogens (primary N) is 1. The molecular weight excluding hydrogens is 324 g/mol. The van der Waals surface area contributed by atoms with Gasteiger partial charge in [-0.25, -0.2) is 4.98 Å². The molecule has 3 heterocycles. The zero-order valence-corrected chi connectivity index (χ0v) is 14.3. The second kappa shape index (κ2) is 6.00. The third kappa shape index (κ3) is 2.55. The van der Waals surface area contributed by atoms with E-state index >= 15 is 0 Å². The Hall–Kier alpha value is -3.12. The smallest absolute Gasteiger partial charge is 0.142 e. The van der Waals surface area contributed by atoms with Crippen LogP contribution in [0.25, 0.3) is 33.3 Å². The summed E-state index contributed by atoms with van der Waals surface area (Å²) >= 11 is 0. The van der Waals surface area contributed by atoms with Crippen molar-refractivity contribution < 1.29 is 0 Å². The van der Waals surface area contributed by atoms with Crippen LogP contribution in [-0.2, 0) is 0 Å². The lowest BCUT2D eigenvalue weighted by molar-refractivity contribution is 0.794. The molecule has 2 aromatic heterocycles. The van der Waals surface area contributed by atoms with Crippen LogP contribution in [0.1, 0.15) is 6.42 Å². The van der Waals surface area contributed by atoms with Crippen LogP contribution in [0.15, 0.2) is 48.7 Å². The summed E-state index contributed by atoms with van der Waals surface area (Å²) in [6.45, 7) is 1.98. The molecule has 0 unspecified atom stereocenters. The number of fused-ring (bicyclic) bond motifs is 2. The van der Waals surface area contributed by atoms with Crippen molar-refractivity contribution in [1.82, 2.24) is 20.3 Å². The molecule has 1 saturated heterocycles. The van der Waals surface area contributed by atoms with Gasteiger partial charge in [-0.15, -0.1) is 0 Å². The van der Waals surface area contributed by atoms with Crippen LogP contribution in [0.4, 0.5) is 11.4 Å². The normalized spacial score (nSPS) is 17.2. The van der Waals surface area contributed by atoms with Gasteiger partial charge in [0.05, 0.1) is 27.8 Å². The van der Waals surface area contributed by atoms with Crippen molar-refractivity contribution >= 4 is 33.3 Å². The molecule has 4 aromatic rings. The maximum Gasteiger partial charge on any atom is 0.142 e. The van der Waals surface area contributed by atoms with Gasteiger partial charge >= 0.3 is 0 Å². The van der Waals surface area contributed by atoms with Crippen molar-refractivity contribution in [3.8, 4) is 11.4 Å². The van der Waals surface area contributed by atoms with Crippen molar-refractivity contribution in [1.29, 1.82) is 0 Å². The average molecular weight is 344 g/mol. The third-order valence-electron chi connectivity index (χ3n) is 4.95. The Balaban J connectivity index is 1.72. The van der Waals surface area contributed by atoms with Crippen molar-refractivity contribution in [3.05, 3.63) is 48.7 Å². The fourth-order valence-electron chi connectivity index (χ4n) is 3.61. The first-order chi connectivity index (χ1) is 12.8. The molecule has 0 saturated carbocycles. The summed E-state index contributed by atoms with van der Waals surface area (Å²) in [6, 6.07) is 14.3. The van der Waals surface area contributed by atoms with Crippen LogP contribution < -0.4 is 16.4 Å². The van der Waals surface area contributed by atoms with Crippen LogP contribution in [0.2, 0.25) is 0 Å². The molecule has 0 bridgehead atoms. The Morgan fingerprint density at radius 3 is 2.88 bits per heavy atom. The largest absolute Gasteiger partial charge is 0.399 e. The fraction of sp³-hybridized carbons (Fsp3) is 0.200. The molecule has 1 aliphatic heterocycles. The first-order valence-electron chi connectivity index (χ1n) is 8.88. The summed E-state index contributed by atoms with van der Waals surface area (Å²) in [4.78, 5) is 12.8. The Kier molecular flexibility index (Phi) is 3.50. The predicted octanol–water partition coefficient (Wildman–Crippen LogP) is 3.13. The molecule has 0 amide bonds. The van der Waals surface area contributed by atoms with Gasteiger partial charge < -0.3 is 21.4 Å². The molecule has 0 radical (unpaired) electrons. The van der Waals surface area contributed by atoms with E-state index < -0.39 is 0 Å². The van der Waals surface area contributed by atoms with Crippen LogP contribution in [0, 0.1) is 0 Å². The zero-order valence-electron chi connectivity index (χ0n) is 14.3. The Bertz CT molecular complexity index is 1060. The number of rotatable bonds is 3. The number of nitrogens with one attached hydrogen (secondary N) is 3. The molecule has 1 atom stereocenters. The fourth-order valence-corrected chi connectivity index (χ4v) is 3.61. The Labute approximate surface area is 150 Å². The summed E-state index contributed by atoms with van der Waals surface area (Å²) in [5, 5.41) is 8.13. The van der Waals surface area contributed by atoms with Gasteiger partial charge in [0, 0.05) is 29.9 Å². The number of hydrogen-bond donors (Lipinski definition) is 4. The average Bonchev–Trinajstić information content (AvgIpc) is 3.31. The standard InChI is InChI=1S/C20H20N6/c21-12-5-6-16-14(9-12)19(24-13-7-8-22-10-13)15(11-23-16)20-25-17-3-1-2-4-18(17)26-20/h1-6,9,11,13,22H,7-8,10,21H2,(H,23,24)(H,25,26)/t13-/m0/s1. The lowest BCUT2D eigenvalue weighted by atomic mass is 10.1. The molecule has 1 fully saturated rings. The van der Waals surface area contributed by atoms with Crippen molar-refractivity contribution in [3.63, 3.8) is 0 Å². The third-order valence-corrected chi connectivity index (χ3v) is 4.95.